The van der Waals surface area contributed by atoms with Gasteiger partial charge in [0.1, 0.15) is 5.75 Å². The van der Waals surface area contributed by atoms with Crippen LogP contribution in [0.5, 0.6) is 5.75 Å². The van der Waals surface area contributed by atoms with Crippen molar-refractivity contribution in [3.05, 3.63) is 18.2 Å². The van der Waals surface area contributed by atoms with E-state index in [9.17, 15) is 4.79 Å². The molecule has 1 fully saturated rings. The summed E-state index contributed by atoms with van der Waals surface area (Å²) < 4.78 is 5.28. The van der Waals surface area contributed by atoms with Crippen molar-refractivity contribution in [2.75, 3.05) is 38.2 Å². The fraction of sp³-hybridized carbons (Fsp3) is 0.417. The van der Waals surface area contributed by atoms with Crippen molar-refractivity contribution in [1.29, 1.82) is 0 Å². The third-order valence-electron chi connectivity index (χ3n) is 2.75. The Morgan fingerprint density at radius 1 is 1.56 bits per heavy atom. The number of rotatable bonds is 5. The zero-order chi connectivity index (χ0) is 13.0. The molecule has 1 aliphatic heterocycles. The van der Waals surface area contributed by atoms with Crippen molar-refractivity contribution in [3.63, 3.8) is 0 Å². The number of amides is 2. The van der Waals surface area contributed by atoms with E-state index in [-0.39, 0.29) is 6.03 Å². The number of benzene rings is 1. The van der Waals surface area contributed by atoms with Crippen molar-refractivity contribution < 1.29 is 9.53 Å². The summed E-state index contributed by atoms with van der Waals surface area (Å²) in [5.41, 5.74) is 6.39. The number of ether oxygens (including phenoxy) is 1. The summed E-state index contributed by atoms with van der Waals surface area (Å²) in [4.78, 5) is 14.2. The molecular formula is C12H17N3O2S. The number of nitrogens with zero attached hydrogens (tertiary/aromatic N) is 1. The van der Waals surface area contributed by atoms with Crippen molar-refractivity contribution >= 4 is 23.5 Å². The summed E-state index contributed by atoms with van der Waals surface area (Å²) in [5, 5.41) is 2.78. The lowest BCUT2D eigenvalue weighted by atomic mass is 10.3. The molecule has 0 aliphatic carbocycles. The van der Waals surface area contributed by atoms with Gasteiger partial charge < -0.3 is 20.7 Å². The lowest BCUT2D eigenvalue weighted by molar-refractivity contribution is 0.220. The number of methoxy groups -OCH3 is 1. The summed E-state index contributed by atoms with van der Waals surface area (Å²) in [6.07, 6.45) is 0. The summed E-state index contributed by atoms with van der Waals surface area (Å²) in [6.45, 7) is 2.27. The summed E-state index contributed by atoms with van der Waals surface area (Å²) in [5.74, 6) is 1.62. The van der Waals surface area contributed by atoms with Crippen LogP contribution < -0.4 is 15.8 Å². The van der Waals surface area contributed by atoms with Crippen LogP contribution in [-0.2, 0) is 0 Å². The fourth-order valence-electron chi connectivity index (χ4n) is 1.79. The fourth-order valence-corrected chi connectivity index (χ4v) is 2.77. The smallest absolute Gasteiger partial charge is 0.317 e. The maximum atomic E-state index is 11.3. The molecule has 0 saturated carbocycles. The molecule has 0 spiro atoms. The second kappa shape index (κ2) is 5.86. The van der Waals surface area contributed by atoms with E-state index in [0.29, 0.717) is 5.69 Å². The number of nitrogen functional groups attached to an aromatic ring is 1. The van der Waals surface area contributed by atoms with Gasteiger partial charge in [0.15, 0.2) is 0 Å². The molecule has 5 nitrogen and oxygen atoms in total. The minimum absolute atomic E-state index is 0.0277. The van der Waals surface area contributed by atoms with E-state index in [4.69, 9.17) is 10.5 Å². The van der Waals surface area contributed by atoms with E-state index in [1.165, 1.54) is 0 Å². The topological polar surface area (TPSA) is 67.6 Å². The molecule has 0 atom stereocenters. The van der Waals surface area contributed by atoms with Gasteiger partial charge in [-0.3, -0.25) is 0 Å². The predicted octanol–water partition coefficient (Wildman–Crippen LogP) is 1.39. The average molecular weight is 267 g/mol. The lowest BCUT2D eigenvalue weighted by Crippen LogP contribution is -2.30. The molecule has 1 aromatic carbocycles. The number of urea groups is 1. The Morgan fingerprint density at radius 2 is 2.39 bits per heavy atom. The lowest BCUT2D eigenvalue weighted by Gasteiger charge is -2.14. The predicted molar refractivity (Wildman–Crippen MR) is 73.1 cm³/mol. The highest BCUT2D eigenvalue weighted by Gasteiger charge is 2.18. The van der Waals surface area contributed by atoms with E-state index >= 15 is 0 Å². The number of hydrogen-bond donors (Lipinski definition) is 2. The van der Waals surface area contributed by atoms with E-state index < -0.39 is 0 Å². The van der Waals surface area contributed by atoms with Crippen molar-refractivity contribution in [1.82, 2.24) is 10.2 Å². The normalized spacial score (nSPS) is 14.7. The van der Waals surface area contributed by atoms with Crippen LogP contribution in [-0.4, -0.2) is 43.4 Å². The number of hydrogen-bond acceptors (Lipinski definition) is 4. The SMILES string of the molecule is COc1cc(N)ccc1SCCN1CCNC1=O. The van der Waals surface area contributed by atoms with E-state index in [1.807, 2.05) is 23.1 Å². The van der Waals surface area contributed by atoms with Crippen molar-refractivity contribution in [3.8, 4) is 5.75 Å². The highest BCUT2D eigenvalue weighted by Crippen LogP contribution is 2.30. The highest BCUT2D eigenvalue weighted by atomic mass is 32.2. The number of carbonyl (C=O) groups is 1. The van der Waals surface area contributed by atoms with Crippen molar-refractivity contribution in [2.45, 2.75) is 4.90 Å². The van der Waals surface area contributed by atoms with Gasteiger partial charge in [0.2, 0.25) is 0 Å². The van der Waals surface area contributed by atoms with Gasteiger partial charge in [-0.1, -0.05) is 0 Å². The number of carbonyl (C=O) groups excluding carboxylic acids is 1. The Labute approximate surface area is 111 Å². The summed E-state index contributed by atoms with van der Waals surface area (Å²) in [6, 6.07) is 5.64. The Bertz CT molecular complexity index is 439. The van der Waals surface area contributed by atoms with E-state index in [2.05, 4.69) is 5.32 Å². The number of nitrogens with one attached hydrogen (secondary N) is 1. The van der Waals surface area contributed by atoms with E-state index in [0.717, 1.165) is 36.0 Å². The first-order valence-corrected chi connectivity index (χ1v) is 6.78. The Hall–Kier alpha value is -1.56. The average Bonchev–Trinajstić information content (AvgIpc) is 2.77. The molecule has 3 N–H and O–H groups in total. The minimum Gasteiger partial charge on any atom is -0.496 e. The Morgan fingerprint density at radius 3 is 3.06 bits per heavy atom. The zero-order valence-corrected chi connectivity index (χ0v) is 11.1. The number of nitrogens with two attached hydrogens (primary N) is 1. The molecule has 18 heavy (non-hydrogen) atoms. The van der Waals surface area contributed by atoms with Gasteiger partial charge in [-0.15, -0.1) is 11.8 Å². The van der Waals surface area contributed by atoms with Crippen LogP contribution in [0.3, 0.4) is 0 Å². The molecule has 0 aromatic heterocycles. The van der Waals surface area contributed by atoms with Crippen LogP contribution >= 0.6 is 11.8 Å². The maximum absolute atomic E-state index is 11.3. The number of anilines is 1. The number of thioether (sulfide) groups is 1. The highest BCUT2D eigenvalue weighted by molar-refractivity contribution is 7.99. The molecule has 0 radical (unpaired) electrons. The summed E-state index contributed by atoms with van der Waals surface area (Å²) >= 11 is 1.67. The largest absolute Gasteiger partial charge is 0.496 e. The second-order valence-corrected chi connectivity index (χ2v) is 5.11. The first-order chi connectivity index (χ1) is 8.70. The van der Waals surface area contributed by atoms with E-state index in [1.54, 1.807) is 18.9 Å². The molecule has 2 amide bonds. The molecule has 98 valence electrons. The zero-order valence-electron chi connectivity index (χ0n) is 10.3. The molecule has 0 unspecified atom stereocenters. The van der Waals surface area contributed by atoms with Crippen LogP contribution in [0.4, 0.5) is 10.5 Å². The maximum Gasteiger partial charge on any atom is 0.317 e. The first kappa shape index (κ1) is 12.9. The van der Waals surface area contributed by atoms with Gasteiger partial charge >= 0.3 is 6.03 Å². The monoisotopic (exact) mass is 267 g/mol. The third-order valence-corrected chi connectivity index (χ3v) is 3.79. The molecule has 0 bridgehead atoms. The molecular weight excluding hydrogens is 250 g/mol. The van der Waals surface area contributed by atoms with Gasteiger partial charge in [0.25, 0.3) is 0 Å². The van der Waals surface area contributed by atoms with Gasteiger partial charge in [-0.2, -0.15) is 0 Å². The third kappa shape index (κ3) is 3.01. The van der Waals surface area contributed by atoms with Gasteiger partial charge in [0, 0.05) is 42.0 Å². The molecule has 1 aromatic rings. The van der Waals surface area contributed by atoms with Gasteiger partial charge in [-0.05, 0) is 12.1 Å². The van der Waals surface area contributed by atoms with Crippen LogP contribution in [0.1, 0.15) is 0 Å². The molecule has 1 heterocycles. The molecule has 1 aliphatic rings. The molecule has 1 saturated heterocycles. The van der Waals surface area contributed by atoms with Gasteiger partial charge in [-0.25, -0.2) is 4.79 Å². The molecule has 6 heteroatoms. The molecule has 2 rings (SSSR count). The van der Waals surface area contributed by atoms with Crippen molar-refractivity contribution in [2.24, 2.45) is 0 Å². The minimum atomic E-state index is 0.0277. The second-order valence-electron chi connectivity index (χ2n) is 3.98. The van der Waals surface area contributed by atoms with Crippen LogP contribution in [0.2, 0.25) is 0 Å². The van der Waals surface area contributed by atoms with Crippen LogP contribution in [0.25, 0.3) is 0 Å². The quantitative estimate of drug-likeness (QED) is 0.625. The Kier molecular flexibility index (Phi) is 4.19. The van der Waals surface area contributed by atoms with Crippen LogP contribution in [0, 0.1) is 0 Å². The summed E-state index contributed by atoms with van der Waals surface area (Å²) in [7, 11) is 1.63. The van der Waals surface area contributed by atoms with Crippen LogP contribution in [0.15, 0.2) is 23.1 Å². The Balaban J connectivity index is 1.88. The first-order valence-electron chi connectivity index (χ1n) is 5.80. The standard InChI is InChI=1S/C12H17N3O2S/c1-17-10-8-9(13)2-3-11(10)18-7-6-15-5-4-14-12(15)16/h2-3,8H,4-7,13H2,1H3,(H,14,16). The van der Waals surface area contributed by atoms with Gasteiger partial charge in [0.05, 0.1) is 7.11 Å².